The summed E-state index contributed by atoms with van der Waals surface area (Å²) in [6, 6.07) is 8.40. The topological polar surface area (TPSA) is 65.1 Å². The predicted octanol–water partition coefficient (Wildman–Crippen LogP) is 2.53. The Kier molecular flexibility index (Phi) is 3.14. The number of nitrogens with one attached hydrogen (secondary N) is 2. The number of hydrogen-bond acceptors (Lipinski definition) is 2. The molecule has 0 bridgehead atoms. The van der Waals surface area contributed by atoms with E-state index < -0.39 is 0 Å². The molecular weight excluding hydrogens is 216 g/mol. The third-order valence-corrected chi connectivity index (χ3v) is 2.56. The molecule has 0 aliphatic heterocycles. The van der Waals surface area contributed by atoms with Crippen molar-refractivity contribution in [2.24, 2.45) is 0 Å². The number of phenols is 1. The van der Waals surface area contributed by atoms with Crippen molar-refractivity contribution in [1.82, 2.24) is 4.98 Å². The molecule has 0 spiro atoms. The van der Waals surface area contributed by atoms with E-state index in [9.17, 15) is 9.90 Å². The van der Waals surface area contributed by atoms with Crippen LogP contribution in [0.5, 0.6) is 5.75 Å². The molecule has 0 fully saturated rings. The lowest BCUT2D eigenvalue weighted by atomic mass is 10.1. The highest BCUT2D eigenvalue weighted by Gasteiger charge is 2.09. The van der Waals surface area contributed by atoms with Crippen molar-refractivity contribution in [2.75, 3.05) is 5.32 Å². The molecule has 1 amide bonds. The zero-order chi connectivity index (χ0) is 12.3. The highest BCUT2D eigenvalue weighted by atomic mass is 16.3. The number of anilines is 1. The van der Waals surface area contributed by atoms with Crippen LogP contribution in [0.25, 0.3) is 0 Å². The third kappa shape index (κ3) is 2.47. The van der Waals surface area contributed by atoms with Crippen LogP contribution in [0.1, 0.15) is 23.0 Å². The Morgan fingerprint density at radius 1 is 1.41 bits per heavy atom. The number of H-pyrrole nitrogens is 1. The number of rotatable bonds is 3. The second kappa shape index (κ2) is 4.74. The van der Waals surface area contributed by atoms with Crippen LogP contribution in [0, 0.1) is 0 Å². The van der Waals surface area contributed by atoms with E-state index in [1.54, 1.807) is 36.5 Å². The number of amides is 1. The van der Waals surface area contributed by atoms with E-state index in [4.69, 9.17) is 0 Å². The molecule has 1 aromatic heterocycles. The van der Waals surface area contributed by atoms with Gasteiger partial charge < -0.3 is 15.4 Å². The molecule has 2 rings (SSSR count). The summed E-state index contributed by atoms with van der Waals surface area (Å²) < 4.78 is 0. The van der Waals surface area contributed by atoms with Crippen LogP contribution in [0.15, 0.2) is 36.5 Å². The first-order valence-electron chi connectivity index (χ1n) is 5.47. The van der Waals surface area contributed by atoms with Gasteiger partial charge in [0.25, 0.3) is 5.91 Å². The Morgan fingerprint density at radius 3 is 2.88 bits per heavy atom. The monoisotopic (exact) mass is 230 g/mol. The van der Waals surface area contributed by atoms with Crippen LogP contribution in [-0.4, -0.2) is 16.0 Å². The number of carbonyl (C=O) groups excluding carboxylic acids is 1. The summed E-state index contributed by atoms with van der Waals surface area (Å²) in [6.07, 6.45) is 2.45. The molecule has 0 atom stereocenters. The molecule has 0 saturated heterocycles. The van der Waals surface area contributed by atoms with Gasteiger partial charge in [0.05, 0.1) is 0 Å². The van der Waals surface area contributed by atoms with E-state index >= 15 is 0 Å². The van der Waals surface area contributed by atoms with E-state index in [-0.39, 0.29) is 11.7 Å². The zero-order valence-electron chi connectivity index (χ0n) is 9.53. The van der Waals surface area contributed by atoms with Crippen molar-refractivity contribution in [3.8, 4) is 5.75 Å². The van der Waals surface area contributed by atoms with E-state index in [1.165, 1.54) is 0 Å². The van der Waals surface area contributed by atoms with Crippen molar-refractivity contribution in [1.29, 1.82) is 0 Å². The van der Waals surface area contributed by atoms with Crippen LogP contribution in [0.4, 0.5) is 5.69 Å². The number of aryl methyl sites for hydroxylation is 1. The SMILES string of the molecule is CCc1cc(O)ccc1NC(=O)c1ccc[nH]1. The molecule has 1 heterocycles. The Morgan fingerprint density at radius 2 is 2.24 bits per heavy atom. The molecule has 4 nitrogen and oxygen atoms in total. The van der Waals surface area contributed by atoms with Crippen molar-refractivity contribution >= 4 is 11.6 Å². The number of aromatic hydroxyl groups is 1. The molecule has 0 saturated carbocycles. The Balaban J connectivity index is 2.21. The summed E-state index contributed by atoms with van der Waals surface area (Å²) in [5.41, 5.74) is 2.15. The van der Waals surface area contributed by atoms with Crippen LogP contribution in [0.3, 0.4) is 0 Å². The molecule has 2 aromatic rings. The summed E-state index contributed by atoms with van der Waals surface area (Å²) in [6.45, 7) is 1.97. The summed E-state index contributed by atoms with van der Waals surface area (Å²) in [7, 11) is 0. The lowest BCUT2D eigenvalue weighted by molar-refractivity contribution is 0.102. The van der Waals surface area contributed by atoms with Gasteiger partial charge in [-0.25, -0.2) is 0 Å². The fourth-order valence-electron chi connectivity index (χ4n) is 1.66. The quantitative estimate of drug-likeness (QED) is 0.709. The first kappa shape index (κ1) is 11.3. The van der Waals surface area contributed by atoms with Crippen molar-refractivity contribution in [2.45, 2.75) is 13.3 Å². The first-order chi connectivity index (χ1) is 8.20. The van der Waals surface area contributed by atoms with E-state index in [0.29, 0.717) is 5.69 Å². The predicted molar refractivity (Wildman–Crippen MR) is 66.2 cm³/mol. The maximum Gasteiger partial charge on any atom is 0.272 e. The summed E-state index contributed by atoms with van der Waals surface area (Å²) in [4.78, 5) is 14.7. The van der Waals surface area contributed by atoms with E-state index in [1.807, 2.05) is 6.92 Å². The lowest BCUT2D eigenvalue weighted by Crippen LogP contribution is -2.13. The first-order valence-corrected chi connectivity index (χ1v) is 5.47. The van der Waals surface area contributed by atoms with Crippen LogP contribution < -0.4 is 5.32 Å². The zero-order valence-corrected chi connectivity index (χ0v) is 9.53. The summed E-state index contributed by atoms with van der Waals surface area (Å²) in [5, 5.41) is 12.2. The molecule has 88 valence electrons. The van der Waals surface area contributed by atoms with Gasteiger partial charge in [0.15, 0.2) is 0 Å². The minimum Gasteiger partial charge on any atom is -0.508 e. The van der Waals surface area contributed by atoms with Crippen molar-refractivity contribution in [3.05, 3.63) is 47.8 Å². The summed E-state index contributed by atoms with van der Waals surface area (Å²) >= 11 is 0. The normalized spacial score (nSPS) is 10.2. The van der Waals surface area contributed by atoms with Crippen molar-refractivity contribution < 1.29 is 9.90 Å². The minimum atomic E-state index is -0.185. The smallest absolute Gasteiger partial charge is 0.272 e. The number of aromatic nitrogens is 1. The van der Waals surface area contributed by atoms with Crippen molar-refractivity contribution in [3.63, 3.8) is 0 Å². The second-order valence-electron chi connectivity index (χ2n) is 3.73. The Labute approximate surface area is 99.3 Å². The van der Waals surface area contributed by atoms with Gasteiger partial charge in [0, 0.05) is 11.9 Å². The van der Waals surface area contributed by atoms with Gasteiger partial charge >= 0.3 is 0 Å². The Bertz CT molecular complexity index is 518. The number of hydrogen-bond donors (Lipinski definition) is 3. The molecule has 3 N–H and O–H groups in total. The van der Waals surface area contributed by atoms with Gasteiger partial charge in [0.2, 0.25) is 0 Å². The largest absolute Gasteiger partial charge is 0.508 e. The minimum absolute atomic E-state index is 0.185. The molecule has 1 aromatic carbocycles. The summed E-state index contributed by atoms with van der Waals surface area (Å²) in [5.74, 6) is 0.0233. The van der Waals surface area contributed by atoms with Gasteiger partial charge in [-0.2, -0.15) is 0 Å². The average molecular weight is 230 g/mol. The number of carbonyl (C=O) groups is 1. The lowest BCUT2D eigenvalue weighted by Gasteiger charge is -2.09. The molecule has 4 heteroatoms. The molecular formula is C13H14N2O2. The van der Waals surface area contributed by atoms with Gasteiger partial charge in [-0.3, -0.25) is 4.79 Å². The highest BCUT2D eigenvalue weighted by Crippen LogP contribution is 2.22. The fraction of sp³-hybridized carbons (Fsp3) is 0.154. The molecule has 0 aliphatic rings. The van der Waals surface area contributed by atoms with Crippen LogP contribution in [-0.2, 0) is 6.42 Å². The standard InChI is InChI=1S/C13H14N2O2/c1-2-9-8-10(16)5-6-11(9)15-13(17)12-4-3-7-14-12/h3-8,14,16H,2H2,1H3,(H,15,17). The number of benzene rings is 1. The maximum absolute atomic E-state index is 11.8. The van der Waals surface area contributed by atoms with Gasteiger partial charge in [0.1, 0.15) is 11.4 Å². The van der Waals surface area contributed by atoms with E-state index in [0.717, 1.165) is 17.7 Å². The highest BCUT2D eigenvalue weighted by molar-refractivity contribution is 6.03. The average Bonchev–Trinajstić information content (AvgIpc) is 2.85. The molecule has 0 aliphatic carbocycles. The van der Waals surface area contributed by atoms with Gasteiger partial charge in [-0.05, 0) is 42.3 Å². The van der Waals surface area contributed by atoms with E-state index in [2.05, 4.69) is 10.3 Å². The number of aromatic amines is 1. The van der Waals surface area contributed by atoms with Gasteiger partial charge in [-0.15, -0.1) is 0 Å². The number of phenolic OH excluding ortho intramolecular Hbond substituents is 1. The third-order valence-electron chi connectivity index (χ3n) is 2.56. The van der Waals surface area contributed by atoms with Crippen LogP contribution >= 0.6 is 0 Å². The molecule has 17 heavy (non-hydrogen) atoms. The maximum atomic E-state index is 11.8. The van der Waals surface area contributed by atoms with Crippen LogP contribution in [0.2, 0.25) is 0 Å². The van der Waals surface area contributed by atoms with Gasteiger partial charge in [-0.1, -0.05) is 6.92 Å². The molecule has 0 unspecified atom stereocenters. The fourth-order valence-corrected chi connectivity index (χ4v) is 1.66. The second-order valence-corrected chi connectivity index (χ2v) is 3.73. The molecule has 0 radical (unpaired) electrons. The Hall–Kier alpha value is -2.23.